The fourth-order valence-corrected chi connectivity index (χ4v) is 2.90. The van der Waals surface area contributed by atoms with E-state index in [1.165, 1.54) is 23.5 Å². The summed E-state index contributed by atoms with van der Waals surface area (Å²) in [6, 6.07) is 8.04. The fraction of sp³-hybridized carbons (Fsp3) is 0.429. The predicted octanol–water partition coefficient (Wildman–Crippen LogP) is 4.59. The fourth-order valence-electron chi connectivity index (χ4n) is 1.87. The lowest BCUT2D eigenvalue weighted by Gasteiger charge is -2.30. The number of thioether (sulfide) groups is 2. The van der Waals surface area contributed by atoms with Gasteiger partial charge in [-0.1, -0.05) is 24.3 Å². The second-order valence-corrected chi connectivity index (χ2v) is 7.77. The first-order chi connectivity index (χ1) is 8.35. The summed E-state index contributed by atoms with van der Waals surface area (Å²) in [4.78, 5) is 0. The molecule has 0 bridgehead atoms. The predicted molar refractivity (Wildman–Crippen MR) is 78.9 cm³/mol. The number of hydrogen-bond donors (Lipinski definition) is 0. The molecule has 0 aliphatic rings. The first kappa shape index (κ1) is 15.0. The third kappa shape index (κ3) is 3.22. The summed E-state index contributed by atoms with van der Waals surface area (Å²) in [6.45, 7) is 8.14. The van der Waals surface area contributed by atoms with Crippen molar-refractivity contribution in [2.45, 2.75) is 37.2 Å². The highest BCUT2D eigenvalue weighted by Gasteiger charge is 2.31. The van der Waals surface area contributed by atoms with Crippen molar-refractivity contribution in [1.29, 1.82) is 10.5 Å². The summed E-state index contributed by atoms with van der Waals surface area (Å²) in [5.74, 6) is 0. The standard InChI is InChI=1S/C14H16N2S2/c1-13(2,17-9-15)11-7-5-6-8-12(11)14(3,4)18-10-16/h5-8H,1-4H3. The lowest BCUT2D eigenvalue weighted by atomic mass is 9.89. The highest BCUT2D eigenvalue weighted by atomic mass is 32.2. The van der Waals surface area contributed by atoms with Crippen molar-refractivity contribution in [1.82, 2.24) is 0 Å². The molecular formula is C14H16N2S2. The van der Waals surface area contributed by atoms with E-state index < -0.39 is 0 Å². The van der Waals surface area contributed by atoms with Gasteiger partial charge in [-0.15, -0.1) is 0 Å². The van der Waals surface area contributed by atoms with Crippen molar-refractivity contribution in [3.8, 4) is 10.8 Å². The normalized spacial score (nSPS) is 11.7. The SMILES string of the molecule is CC(C)(SC#N)c1ccccc1C(C)(C)SC#N. The van der Waals surface area contributed by atoms with Crippen molar-refractivity contribution in [2.24, 2.45) is 0 Å². The Bertz CT molecular complexity index is 460. The second-order valence-electron chi connectivity index (χ2n) is 4.95. The quantitative estimate of drug-likeness (QED) is 0.755. The molecule has 1 aromatic rings. The molecule has 0 atom stereocenters. The average molecular weight is 276 g/mol. The van der Waals surface area contributed by atoms with Gasteiger partial charge in [-0.3, -0.25) is 0 Å². The average Bonchev–Trinajstić information content (AvgIpc) is 2.29. The molecule has 0 saturated carbocycles. The first-order valence-electron chi connectivity index (χ1n) is 5.59. The number of nitrogens with zero attached hydrogens (tertiary/aromatic N) is 2. The van der Waals surface area contributed by atoms with Gasteiger partial charge < -0.3 is 0 Å². The number of nitriles is 2. The maximum Gasteiger partial charge on any atom is 0.134 e. The monoisotopic (exact) mass is 276 g/mol. The zero-order valence-electron chi connectivity index (χ0n) is 11.0. The van der Waals surface area contributed by atoms with Gasteiger partial charge in [0.05, 0.1) is 0 Å². The lowest BCUT2D eigenvalue weighted by molar-refractivity contribution is 0.714. The van der Waals surface area contributed by atoms with Crippen molar-refractivity contribution < 1.29 is 0 Å². The molecule has 1 aromatic carbocycles. The smallest absolute Gasteiger partial charge is 0.134 e. The van der Waals surface area contributed by atoms with Crippen LogP contribution in [-0.2, 0) is 9.49 Å². The van der Waals surface area contributed by atoms with E-state index in [0.717, 1.165) is 11.1 Å². The van der Waals surface area contributed by atoms with E-state index >= 15 is 0 Å². The minimum atomic E-state index is -0.279. The van der Waals surface area contributed by atoms with Crippen LogP contribution in [0, 0.1) is 21.3 Å². The van der Waals surface area contributed by atoms with Gasteiger partial charge in [-0.2, -0.15) is 10.5 Å². The van der Waals surface area contributed by atoms with Crippen LogP contribution in [0.15, 0.2) is 24.3 Å². The maximum atomic E-state index is 8.92. The van der Waals surface area contributed by atoms with E-state index in [2.05, 4.69) is 10.8 Å². The lowest BCUT2D eigenvalue weighted by Crippen LogP contribution is -2.21. The van der Waals surface area contributed by atoms with E-state index in [0.29, 0.717) is 0 Å². The van der Waals surface area contributed by atoms with Crippen LogP contribution < -0.4 is 0 Å². The topological polar surface area (TPSA) is 47.6 Å². The van der Waals surface area contributed by atoms with E-state index in [-0.39, 0.29) is 9.49 Å². The summed E-state index contributed by atoms with van der Waals surface area (Å²) in [6.07, 6.45) is 0. The zero-order chi connectivity index (χ0) is 13.8. The molecule has 0 radical (unpaired) electrons. The molecule has 18 heavy (non-hydrogen) atoms. The van der Waals surface area contributed by atoms with Gasteiger partial charge in [0.2, 0.25) is 0 Å². The molecule has 94 valence electrons. The van der Waals surface area contributed by atoms with Gasteiger partial charge in [0.1, 0.15) is 10.8 Å². The highest BCUT2D eigenvalue weighted by Crippen LogP contribution is 2.44. The molecule has 0 aliphatic carbocycles. The second kappa shape index (κ2) is 5.69. The minimum Gasteiger partial charge on any atom is -0.185 e. The molecule has 0 unspecified atom stereocenters. The summed E-state index contributed by atoms with van der Waals surface area (Å²) in [5.41, 5.74) is 2.23. The molecule has 1 rings (SSSR count). The molecule has 0 fully saturated rings. The molecule has 2 nitrogen and oxygen atoms in total. The summed E-state index contributed by atoms with van der Waals surface area (Å²) >= 11 is 2.50. The molecule has 4 heteroatoms. The third-order valence-corrected chi connectivity index (χ3v) is 4.47. The van der Waals surface area contributed by atoms with E-state index in [1.54, 1.807) is 0 Å². The van der Waals surface area contributed by atoms with Crippen LogP contribution in [0.5, 0.6) is 0 Å². The Morgan fingerprint density at radius 1 is 0.833 bits per heavy atom. The van der Waals surface area contributed by atoms with E-state index in [4.69, 9.17) is 10.5 Å². The molecule has 0 spiro atoms. The molecule has 0 saturated heterocycles. The Hall–Kier alpha value is -1.10. The van der Waals surface area contributed by atoms with Gasteiger partial charge in [0.25, 0.3) is 0 Å². The first-order valence-corrected chi connectivity index (χ1v) is 7.22. The third-order valence-electron chi connectivity index (χ3n) is 2.83. The minimum absolute atomic E-state index is 0.279. The van der Waals surface area contributed by atoms with Gasteiger partial charge >= 0.3 is 0 Å². The van der Waals surface area contributed by atoms with Gasteiger partial charge in [-0.05, 0) is 62.3 Å². The number of benzene rings is 1. The Morgan fingerprint density at radius 3 is 1.44 bits per heavy atom. The molecule has 0 amide bonds. The number of thiocyanates is 2. The van der Waals surface area contributed by atoms with Crippen molar-refractivity contribution in [3.63, 3.8) is 0 Å². The van der Waals surface area contributed by atoms with Gasteiger partial charge in [-0.25, -0.2) is 0 Å². The molecular weight excluding hydrogens is 260 g/mol. The van der Waals surface area contributed by atoms with Crippen molar-refractivity contribution >= 4 is 23.5 Å². The molecule has 0 heterocycles. The molecule has 0 N–H and O–H groups in total. The van der Waals surface area contributed by atoms with Crippen LogP contribution in [0.4, 0.5) is 0 Å². The van der Waals surface area contributed by atoms with Crippen LogP contribution in [0.2, 0.25) is 0 Å². The number of rotatable bonds is 4. The van der Waals surface area contributed by atoms with Crippen molar-refractivity contribution in [2.75, 3.05) is 0 Å². The Balaban J connectivity index is 3.33. The largest absolute Gasteiger partial charge is 0.185 e. The van der Waals surface area contributed by atoms with E-state index in [9.17, 15) is 0 Å². The Kier molecular flexibility index (Phi) is 4.73. The van der Waals surface area contributed by atoms with Crippen LogP contribution in [0.25, 0.3) is 0 Å². The maximum absolute atomic E-state index is 8.92. The summed E-state index contributed by atoms with van der Waals surface area (Å²) in [7, 11) is 0. The molecule has 0 aliphatic heterocycles. The van der Waals surface area contributed by atoms with Crippen LogP contribution in [0.1, 0.15) is 38.8 Å². The van der Waals surface area contributed by atoms with Crippen LogP contribution in [-0.4, -0.2) is 0 Å². The Labute approximate surface area is 117 Å². The van der Waals surface area contributed by atoms with Crippen LogP contribution in [0.3, 0.4) is 0 Å². The van der Waals surface area contributed by atoms with E-state index in [1.807, 2.05) is 52.0 Å². The van der Waals surface area contributed by atoms with Gasteiger partial charge in [0, 0.05) is 9.49 Å². The summed E-state index contributed by atoms with van der Waals surface area (Å²) < 4.78 is -0.558. The zero-order valence-corrected chi connectivity index (χ0v) is 12.7. The Morgan fingerprint density at radius 2 is 1.17 bits per heavy atom. The summed E-state index contributed by atoms with van der Waals surface area (Å²) in [5, 5.41) is 22.2. The van der Waals surface area contributed by atoms with Gasteiger partial charge in [0.15, 0.2) is 0 Å². The van der Waals surface area contributed by atoms with Crippen molar-refractivity contribution in [3.05, 3.63) is 35.4 Å². The van der Waals surface area contributed by atoms with Crippen LogP contribution >= 0.6 is 23.5 Å². The molecule has 0 aromatic heterocycles. The highest BCUT2D eigenvalue weighted by molar-refractivity contribution is 8.04. The number of hydrogen-bond acceptors (Lipinski definition) is 4.